The molecule has 0 saturated heterocycles. The van der Waals surface area contributed by atoms with Gasteiger partial charge >= 0.3 is 5.97 Å². The van der Waals surface area contributed by atoms with Crippen molar-refractivity contribution in [3.8, 4) is 0 Å². The molecule has 0 aliphatic carbocycles. The van der Waals surface area contributed by atoms with Crippen molar-refractivity contribution in [1.82, 2.24) is 0 Å². The highest BCUT2D eigenvalue weighted by Gasteiger charge is 2.35. The molecule has 0 fully saturated rings. The molecule has 0 amide bonds. The average molecular weight is 176 g/mol. The second-order valence-electron chi connectivity index (χ2n) is 3.50. The molecule has 0 radical (unpaired) electrons. The Morgan fingerprint density at radius 2 is 1.75 bits per heavy atom. The molecule has 0 rings (SSSR count). The minimum absolute atomic E-state index is 0.755. The third-order valence-electron chi connectivity index (χ3n) is 1.38. The van der Waals surface area contributed by atoms with Gasteiger partial charge in [0.15, 0.2) is 5.78 Å². The van der Waals surface area contributed by atoms with E-state index in [1.165, 1.54) is 0 Å². The molecule has 0 heterocycles. The van der Waals surface area contributed by atoms with Crippen LogP contribution in [0.2, 0.25) is 0 Å². The van der Waals surface area contributed by atoms with Crippen molar-refractivity contribution < 1.29 is 18.7 Å². The van der Waals surface area contributed by atoms with Crippen molar-refractivity contribution in [3.05, 3.63) is 0 Å². The second kappa shape index (κ2) is 3.65. The van der Waals surface area contributed by atoms with Gasteiger partial charge in [0.05, 0.1) is 7.11 Å². The molecule has 0 spiro atoms. The van der Waals surface area contributed by atoms with Crippen LogP contribution in [0.15, 0.2) is 0 Å². The smallest absolute Gasteiger partial charge is 0.348 e. The highest BCUT2D eigenvalue weighted by atomic mass is 19.1. The number of rotatable bonds is 2. The van der Waals surface area contributed by atoms with E-state index in [4.69, 9.17) is 0 Å². The van der Waals surface area contributed by atoms with Crippen molar-refractivity contribution >= 4 is 11.8 Å². The van der Waals surface area contributed by atoms with Gasteiger partial charge in [0.25, 0.3) is 6.17 Å². The van der Waals surface area contributed by atoms with E-state index in [9.17, 15) is 14.0 Å². The van der Waals surface area contributed by atoms with Crippen LogP contribution in [-0.2, 0) is 14.3 Å². The van der Waals surface area contributed by atoms with Crippen LogP contribution in [0.3, 0.4) is 0 Å². The first-order valence-electron chi connectivity index (χ1n) is 3.57. The summed E-state index contributed by atoms with van der Waals surface area (Å²) in [5.74, 6) is -1.88. The number of hydrogen-bond donors (Lipinski definition) is 0. The molecular formula is C8H13FO3. The van der Waals surface area contributed by atoms with Crippen molar-refractivity contribution in [3.63, 3.8) is 0 Å². The number of ketones is 1. The topological polar surface area (TPSA) is 43.4 Å². The lowest BCUT2D eigenvalue weighted by Gasteiger charge is -2.17. The van der Waals surface area contributed by atoms with Gasteiger partial charge in [0.1, 0.15) is 0 Å². The predicted octanol–water partition coefficient (Wildman–Crippen LogP) is 1.11. The maximum atomic E-state index is 12.9. The van der Waals surface area contributed by atoms with Crippen LogP contribution >= 0.6 is 0 Å². The number of esters is 1. The summed E-state index contributed by atoms with van der Waals surface area (Å²) in [7, 11) is 1.05. The Bertz CT molecular complexity index is 193. The van der Waals surface area contributed by atoms with Crippen molar-refractivity contribution in [2.24, 2.45) is 5.41 Å². The summed E-state index contributed by atoms with van der Waals surface area (Å²) in [6.45, 7) is 4.64. The monoisotopic (exact) mass is 176 g/mol. The maximum absolute atomic E-state index is 12.9. The van der Waals surface area contributed by atoms with Gasteiger partial charge in [-0.1, -0.05) is 20.8 Å². The summed E-state index contributed by atoms with van der Waals surface area (Å²) in [5.41, 5.74) is -0.854. The van der Waals surface area contributed by atoms with E-state index < -0.39 is 23.3 Å². The van der Waals surface area contributed by atoms with Crippen molar-refractivity contribution in [2.75, 3.05) is 7.11 Å². The normalized spacial score (nSPS) is 13.8. The number of hydrogen-bond acceptors (Lipinski definition) is 3. The van der Waals surface area contributed by atoms with Gasteiger partial charge < -0.3 is 4.74 Å². The van der Waals surface area contributed by atoms with Gasteiger partial charge in [0, 0.05) is 5.41 Å². The van der Waals surface area contributed by atoms with Crippen LogP contribution in [0.4, 0.5) is 4.39 Å². The third kappa shape index (κ3) is 2.60. The average Bonchev–Trinajstić information content (AvgIpc) is 1.98. The van der Waals surface area contributed by atoms with Crippen LogP contribution in [0, 0.1) is 5.41 Å². The Morgan fingerprint density at radius 1 is 1.33 bits per heavy atom. The number of alkyl halides is 1. The molecule has 0 saturated carbocycles. The molecule has 70 valence electrons. The van der Waals surface area contributed by atoms with Crippen LogP contribution in [0.25, 0.3) is 0 Å². The molecular weight excluding hydrogens is 163 g/mol. The Balaban J connectivity index is 4.41. The first-order chi connectivity index (χ1) is 5.30. The Labute approximate surface area is 70.9 Å². The molecule has 12 heavy (non-hydrogen) atoms. The van der Waals surface area contributed by atoms with Crippen LogP contribution in [0.1, 0.15) is 20.8 Å². The highest BCUT2D eigenvalue weighted by Crippen LogP contribution is 2.18. The minimum atomic E-state index is -2.16. The largest absolute Gasteiger partial charge is 0.467 e. The number of carbonyl (C=O) groups excluding carboxylic acids is 2. The summed E-state index contributed by atoms with van der Waals surface area (Å²) in [5, 5.41) is 0. The summed E-state index contributed by atoms with van der Waals surface area (Å²) >= 11 is 0. The summed E-state index contributed by atoms with van der Waals surface area (Å²) in [6, 6.07) is 0. The summed E-state index contributed by atoms with van der Waals surface area (Å²) in [6.07, 6.45) is -2.16. The Kier molecular flexibility index (Phi) is 3.36. The molecule has 1 atom stereocenters. The number of methoxy groups -OCH3 is 1. The molecule has 0 aromatic heterocycles. The number of ether oxygens (including phenoxy) is 1. The van der Waals surface area contributed by atoms with Gasteiger partial charge in [-0.05, 0) is 0 Å². The van der Waals surface area contributed by atoms with Gasteiger partial charge in [-0.25, -0.2) is 9.18 Å². The first kappa shape index (κ1) is 11.1. The van der Waals surface area contributed by atoms with Crippen molar-refractivity contribution in [1.29, 1.82) is 0 Å². The molecule has 0 N–H and O–H groups in total. The SMILES string of the molecule is COC(=O)C(F)C(=O)C(C)(C)C. The highest BCUT2D eigenvalue weighted by molar-refractivity contribution is 6.04. The minimum Gasteiger partial charge on any atom is -0.467 e. The number of halogens is 1. The zero-order valence-corrected chi connectivity index (χ0v) is 7.68. The van der Waals surface area contributed by atoms with Crippen LogP contribution in [0.5, 0.6) is 0 Å². The molecule has 1 unspecified atom stereocenters. The van der Waals surface area contributed by atoms with Crippen LogP contribution in [-0.4, -0.2) is 25.0 Å². The fourth-order valence-corrected chi connectivity index (χ4v) is 0.591. The van der Waals surface area contributed by atoms with Gasteiger partial charge in [-0.15, -0.1) is 0 Å². The molecule has 0 aromatic rings. The molecule has 3 nitrogen and oxygen atoms in total. The Hall–Kier alpha value is -0.930. The van der Waals surface area contributed by atoms with E-state index in [0.29, 0.717) is 0 Å². The third-order valence-corrected chi connectivity index (χ3v) is 1.38. The molecule has 0 aromatic carbocycles. The molecule has 4 heteroatoms. The van der Waals surface area contributed by atoms with E-state index in [-0.39, 0.29) is 0 Å². The maximum Gasteiger partial charge on any atom is 0.348 e. The lowest BCUT2D eigenvalue weighted by molar-refractivity contribution is -0.153. The molecule has 0 bridgehead atoms. The van der Waals surface area contributed by atoms with E-state index in [1.54, 1.807) is 20.8 Å². The van der Waals surface area contributed by atoms with E-state index in [0.717, 1.165) is 7.11 Å². The number of carbonyl (C=O) groups is 2. The Morgan fingerprint density at radius 3 is 2.00 bits per heavy atom. The predicted molar refractivity (Wildman–Crippen MR) is 41.4 cm³/mol. The van der Waals surface area contributed by atoms with E-state index in [2.05, 4.69) is 4.74 Å². The zero-order valence-electron chi connectivity index (χ0n) is 7.68. The zero-order chi connectivity index (χ0) is 9.94. The molecule has 0 aliphatic rings. The quantitative estimate of drug-likeness (QED) is 0.467. The van der Waals surface area contributed by atoms with Gasteiger partial charge in [0.2, 0.25) is 0 Å². The fraction of sp³-hybridized carbons (Fsp3) is 0.750. The second-order valence-corrected chi connectivity index (χ2v) is 3.50. The van der Waals surface area contributed by atoms with E-state index >= 15 is 0 Å². The first-order valence-corrected chi connectivity index (χ1v) is 3.57. The van der Waals surface area contributed by atoms with E-state index in [1.807, 2.05) is 0 Å². The van der Waals surface area contributed by atoms with Gasteiger partial charge in [-0.2, -0.15) is 0 Å². The van der Waals surface area contributed by atoms with Gasteiger partial charge in [-0.3, -0.25) is 4.79 Å². The lowest BCUT2D eigenvalue weighted by Crippen LogP contribution is -2.35. The fourth-order valence-electron chi connectivity index (χ4n) is 0.591. The number of Topliss-reactive ketones (excluding diaryl/α,β-unsaturated/α-hetero) is 1. The standard InChI is InChI=1S/C8H13FO3/c1-8(2,3)6(10)5(9)7(11)12-4/h5H,1-4H3. The van der Waals surface area contributed by atoms with Crippen molar-refractivity contribution in [2.45, 2.75) is 26.9 Å². The van der Waals surface area contributed by atoms with Crippen LogP contribution < -0.4 is 0 Å². The molecule has 0 aliphatic heterocycles. The summed E-state index contributed by atoms with van der Waals surface area (Å²) in [4.78, 5) is 21.7. The lowest BCUT2D eigenvalue weighted by atomic mass is 9.88. The summed E-state index contributed by atoms with van der Waals surface area (Å²) < 4.78 is 17.0.